The molecule has 1 aromatic carbocycles. The highest BCUT2D eigenvalue weighted by atomic mass is 32.2. The Hall–Kier alpha value is -3.25. The van der Waals surface area contributed by atoms with E-state index >= 15 is 0 Å². The molecule has 2 aromatic rings. The first-order chi connectivity index (χ1) is 15.3. The monoisotopic (exact) mass is 476 g/mol. The number of carbonyl (C=O) groups is 3. The Morgan fingerprint density at radius 1 is 1.03 bits per heavy atom. The van der Waals surface area contributed by atoms with Crippen molar-refractivity contribution in [3.05, 3.63) is 52.2 Å². The number of carbonyl (C=O) groups excluding carboxylic acids is 3. The number of rotatable bonds is 5. The van der Waals surface area contributed by atoms with Crippen molar-refractivity contribution in [2.24, 2.45) is 4.99 Å². The largest absolute Gasteiger partial charge is 0.454 e. The van der Waals surface area contributed by atoms with Crippen LogP contribution in [0.4, 0.5) is 0 Å². The molecule has 0 atom stereocenters. The second-order valence-corrected chi connectivity index (χ2v) is 9.68. The molecule has 2 aliphatic heterocycles. The highest BCUT2D eigenvalue weighted by Gasteiger charge is 2.30. The number of nitrogens with zero attached hydrogens (tertiary/aromatic N) is 3. The molecule has 32 heavy (non-hydrogen) atoms. The van der Waals surface area contributed by atoms with E-state index in [9.17, 15) is 22.8 Å². The third-order valence-electron chi connectivity index (χ3n) is 5.04. The van der Waals surface area contributed by atoms with E-state index in [1.807, 2.05) is 11.4 Å². The third-order valence-corrected chi connectivity index (χ3v) is 7.29. The van der Waals surface area contributed by atoms with Crippen molar-refractivity contribution in [3.8, 4) is 0 Å². The number of hydrogen-bond acceptors (Lipinski definition) is 8. The van der Waals surface area contributed by atoms with Gasteiger partial charge < -0.3 is 14.5 Å². The van der Waals surface area contributed by atoms with Crippen molar-refractivity contribution in [2.45, 2.75) is 4.90 Å². The van der Waals surface area contributed by atoms with Gasteiger partial charge in [-0.1, -0.05) is 18.2 Å². The van der Waals surface area contributed by atoms with Gasteiger partial charge in [0.2, 0.25) is 0 Å². The molecule has 2 aliphatic rings. The van der Waals surface area contributed by atoms with Gasteiger partial charge in [0.05, 0.1) is 9.77 Å². The Morgan fingerprint density at radius 2 is 1.75 bits per heavy atom. The molecule has 1 N–H and O–H groups in total. The lowest BCUT2D eigenvalue weighted by Crippen LogP contribution is -2.51. The first kappa shape index (κ1) is 22.0. The Morgan fingerprint density at radius 3 is 2.47 bits per heavy atom. The third kappa shape index (κ3) is 4.65. The van der Waals surface area contributed by atoms with E-state index in [1.165, 1.54) is 17.4 Å². The highest BCUT2D eigenvalue weighted by Crippen LogP contribution is 2.22. The molecule has 10 nitrogen and oxygen atoms in total. The predicted octanol–water partition coefficient (Wildman–Crippen LogP) is 0.314. The summed E-state index contributed by atoms with van der Waals surface area (Å²) in [4.78, 5) is 44.7. The van der Waals surface area contributed by atoms with Crippen LogP contribution in [0.15, 0.2) is 51.7 Å². The number of piperazine rings is 1. The molecule has 1 saturated heterocycles. The van der Waals surface area contributed by atoms with Gasteiger partial charge in [0.1, 0.15) is 12.4 Å². The minimum Gasteiger partial charge on any atom is -0.454 e. The van der Waals surface area contributed by atoms with Crippen LogP contribution in [0.25, 0.3) is 0 Å². The maximum atomic E-state index is 12.4. The van der Waals surface area contributed by atoms with E-state index in [0.717, 1.165) is 0 Å². The number of nitrogens with one attached hydrogen (secondary N) is 1. The summed E-state index contributed by atoms with van der Waals surface area (Å²) in [7, 11) is -3.69. The van der Waals surface area contributed by atoms with Crippen molar-refractivity contribution in [1.29, 1.82) is 0 Å². The number of thiophene rings is 1. The van der Waals surface area contributed by atoms with Gasteiger partial charge in [-0.3, -0.25) is 24.1 Å². The number of ether oxygens (including phenoxy) is 1. The fraction of sp³-hybridized carbons (Fsp3) is 0.300. The quantitative estimate of drug-likeness (QED) is 0.620. The molecule has 3 heterocycles. The predicted molar refractivity (Wildman–Crippen MR) is 116 cm³/mol. The maximum Gasteiger partial charge on any atom is 0.328 e. The van der Waals surface area contributed by atoms with E-state index in [0.29, 0.717) is 36.6 Å². The van der Waals surface area contributed by atoms with Gasteiger partial charge in [-0.2, -0.15) is 0 Å². The first-order valence-electron chi connectivity index (χ1n) is 9.78. The summed E-state index contributed by atoms with van der Waals surface area (Å²) in [5.74, 6) is -1.10. The number of benzene rings is 1. The molecule has 0 unspecified atom stereocenters. The van der Waals surface area contributed by atoms with E-state index in [-0.39, 0.29) is 22.5 Å². The fourth-order valence-corrected chi connectivity index (χ4v) is 5.33. The summed E-state index contributed by atoms with van der Waals surface area (Å²) in [5, 5.41) is 1.84. The van der Waals surface area contributed by atoms with E-state index in [4.69, 9.17) is 4.74 Å². The number of amidine groups is 1. The van der Waals surface area contributed by atoms with Crippen molar-refractivity contribution in [1.82, 2.24) is 14.5 Å². The van der Waals surface area contributed by atoms with E-state index < -0.39 is 29.1 Å². The highest BCUT2D eigenvalue weighted by molar-refractivity contribution is 7.90. The second-order valence-electron chi connectivity index (χ2n) is 7.08. The summed E-state index contributed by atoms with van der Waals surface area (Å²) >= 11 is 1.38. The van der Waals surface area contributed by atoms with Crippen LogP contribution in [-0.2, 0) is 24.3 Å². The zero-order valence-electron chi connectivity index (χ0n) is 16.9. The number of amides is 2. The molecule has 2 amide bonds. The van der Waals surface area contributed by atoms with Crippen LogP contribution < -0.4 is 4.72 Å². The number of fused-ring (bicyclic) bond motifs is 1. The normalized spacial score (nSPS) is 18.2. The number of esters is 1. The van der Waals surface area contributed by atoms with Crippen LogP contribution in [0, 0.1) is 0 Å². The van der Waals surface area contributed by atoms with Gasteiger partial charge in [-0.05, 0) is 23.6 Å². The summed E-state index contributed by atoms with van der Waals surface area (Å²) in [6.45, 7) is 0.656. The fourth-order valence-electron chi connectivity index (χ4n) is 3.39. The summed E-state index contributed by atoms with van der Waals surface area (Å²) in [6, 6.07) is 9.88. The molecule has 0 bridgehead atoms. The molecular weight excluding hydrogens is 456 g/mol. The summed E-state index contributed by atoms with van der Waals surface area (Å²) in [6.07, 6.45) is 0. The average molecular weight is 477 g/mol. The van der Waals surface area contributed by atoms with Crippen LogP contribution in [0.5, 0.6) is 0 Å². The van der Waals surface area contributed by atoms with E-state index in [2.05, 4.69) is 9.71 Å². The van der Waals surface area contributed by atoms with Crippen molar-refractivity contribution in [2.75, 3.05) is 39.3 Å². The molecule has 0 aliphatic carbocycles. The summed E-state index contributed by atoms with van der Waals surface area (Å²) < 4.78 is 31.4. The van der Waals surface area contributed by atoms with Gasteiger partial charge in [0, 0.05) is 31.7 Å². The molecule has 1 fully saturated rings. The Kier molecular flexibility index (Phi) is 6.24. The maximum absolute atomic E-state index is 12.4. The Balaban J connectivity index is 1.24. The number of hydrogen-bond donors (Lipinski definition) is 1. The van der Waals surface area contributed by atoms with Crippen LogP contribution in [0.1, 0.15) is 15.2 Å². The molecular formula is C20H20N4O6S2. The molecule has 0 spiro atoms. The topological polar surface area (TPSA) is 125 Å². The van der Waals surface area contributed by atoms with Crippen LogP contribution in [0.2, 0.25) is 0 Å². The lowest BCUT2D eigenvalue weighted by Gasteiger charge is -2.34. The SMILES string of the molecule is O=C(CN=C1NS(=O)(=O)c2ccccc21)OCC(=O)N1CCN(C(=O)c2cccs2)CC1. The van der Waals surface area contributed by atoms with Gasteiger partial charge in [0.15, 0.2) is 6.61 Å². The zero-order chi connectivity index (χ0) is 22.7. The van der Waals surface area contributed by atoms with Gasteiger partial charge in [-0.15, -0.1) is 11.3 Å². The molecule has 168 valence electrons. The lowest BCUT2D eigenvalue weighted by molar-refractivity contribution is -0.151. The van der Waals surface area contributed by atoms with Gasteiger partial charge in [-0.25, -0.2) is 8.42 Å². The molecule has 0 saturated carbocycles. The molecule has 4 rings (SSSR count). The minimum absolute atomic E-state index is 0.0539. The lowest BCUT2D eigenvalue weighted by atomic mass is 10.2. The van der Waals surface area contributed by atoms with Crippen LogP contribution in [-0.4, -0.2) is 81.2 Å². The van der Waals surface area contributed by atoms with Crippen molar-refractivity contribution in [3.63, 3.8) is 0 Å². The summed E-state index contributed by atoms with van der Waals surface area (Å²) in [5.41, 5.74) is 0.381. The zero-order valence-corrected chi connectivity index (χ0v) is 18.5. The smallest absolute Gasteiger partial charge is 0.328 e. The Bertz CT molecular complexity index is 1170. The number of sulfonamides is 1. The standard InChI is InChI=1S/C20H20N4O6S2/c25-17(23-7-9-24(10-8-23)20(27)15-5-3-11-31-15)13-30-18(26)12-21-19-14-4-1-2-6-16(14)32(28,29)22-19/h1-6,11H,7-10,12-13H2,(H,21,22). The average Bonchev–Trinajstić information content (AvgIpc) is 3.42. The van der Waals surface area contributed by atoms with Gasteiger partial charge in [0.25, 0.3) is 21.8 Å². The van der Waals surface area contributed by atoms with Crippen molar-refractivity contribution < 1.29 is 27.5 Å². The second kappa shape index (κ2) is 9.09. The minimum atomic E-state index is -3.69. The molecule has 1 aromatic heterocycles. The molecule has 0 radical (unpaired) electrons. The van der Waals surface area contributed by atoms with Crippen molar-refractivity contribution >= 4 is 45.0 Å². The Labute approximate surface area is 188 Å². The van der Waals surface area contributed by atoms with Gasteiger partial charge >= 0.3 is 5.97 Å². The first-order valence-corrected chi connectivity index (χ1v) is 12.1. The van der Waals surface area contributed by atoms with Crippen LogP contribution in [0.3, 0.4) is 0 Å². The molecule has 12 heteroatoms. The number of aliphatic imine (C=N–C) groups is 1. The van der Waals surface area contributed by atoms with E-state index in [1.54, 1.807) is 34.1 Å². The van der Waals surface area contributed by atoms with Crippen LogP contribution >= 0.6 is 11.3 Å².